The smallest absolute Gasteiger partial charge is 0.412 e. The SMILES string of the molecule is CC(C)(C)OC(=O)Nc1cc(Cl)nc2c1OCC1CCCN21. The highest BCUT2D eigenvalue weighted by Crippen LogP contribution is 2.42. The molecule has 0 radical (unpaired) electrons. The minimum Gasteiger partial charge on any atom is -0.485 e. The van der Waals surface area contributed by atoms with E-state index in [1.807, 2.05) is 20.8 Å². The third-order valence-electron chi connectivity index (χ3n) is 3.63. The third-order valence-corrected chi connectivity index (χ3v) is 3.82. The number of carbonyl (C=O) groups is 1. The van der Waals surface area contributed by atoms with E-state index in [0.29, 0.717) is 35.1 Å². The molecule has 1 amide bonds. The Morgan fingerprint density at radius 3 is 3.05 bits per heavy atom. The number of carbonyl (C=O) groups excluding carboxylic acids is 1. The first kappa shape index (κ1) is 15.2. The van der Waals surface area contributed by atoms with Crippen LogP contribution < -0.4 is 15.0 Å². The second-order valence-corrected chi connectivity index (χ2v) is 6.96. The number of fused-ring (bicyclic) bond motifs is 3. The lowest BCUT2D eigenvalue weighted by molar-refractivity contribution is 0.0635. The second kappa shape index (κ2) is 5.50. The van der Waals surface area contributed by atoms with Crippen molar-refractivity contribution in [1.82, 2.24) is 4.98 Å². The van der Waals surface area contributed by atoms with Crippen molar-refractivity contribution in [1.29, 1.82) is 0 Å². The van der Waals surface area contributed by atoms with Gasteiger partial charge in [0.05, 0.1) is 11.7 Å². The predicted octanol–water partition coefficient (Wildman–Crippen LogP) is 3.44. The van der Waals surface area contributed by atoms with E-state index < -0.39 is 11.7 Å². The van der Waals surface area contributed by atoms with Crippen molar-refractivity contribution in [3.8, 4) is 5.75 Å². The van der Waals surface area contributed by atoms with Crippen LogP contribution in [0.15, 0.2) is 6.07 Å². The van der Waals surface area contributed by atoms with E-state index in [0.717, 1.165) is 19.4 Å². The molecule has 0 aromatic carbocycles. The van der Waals surface area contributed by atoms with Crippen molar-refractivity contribution in [2.45, 2.75) is 45.3 Å². The summed E-state index contributed by atoms with van der Waals surface area (Å²) < 4.78 is 11.1. The van der Waals surface area contributed by atoms with Crippen molar-refractivity contribution in [3.05, 3.63) is 11.2 Å². The molecule has 1 N–H and O–H groups in total. The van der Waals surface area contributed by atoms with Gasteiger partial charge in [0, 0.05) is 12.6 Å². The number of ether oxygens (including phenoxy) is 2. The molecule has 0 aliphatic carbocycles. The van der Waals surface area contributed by atoms with E-state index in [9.17, 15) is 4.79 Å². The molecule has 1 aromatic heterocycles. The lowest BCUT2D eigenvalue weighted by Gasteiger charge is -2.33. The fourth-order valence-corrected chi connectivity index (χ4v) is 2.99. The van der Waals surface area contributed by atoms with Gasteiger partial charge in [0.1, 0.15) is 17.4 Å². The van der Waals surface area contributed by atoms with E-state index in [-0.39, 0.29) is 0 Å². The van der Waals surface area contributed by atoms with Crippen LogP contribution in [0.3, 0.4) is 0 Å². The van der Waals surface area contributed by atoms with Crippen LogP contribution in [-0.2, 0) is 4.74 Å². The molecule has 2 aliphatic heterocycles. The molecule has 120 valence electrons. The molecule has 0 saturated carbocycles. The zero-order chi connectivity index (χ0) is 15.9. The van der Waals surface area contributed by atoms with Crippen LogP contribution in [0.4, 0.5) is 16.3 Å². The average molecular weight is 326 g/mol. The highest BCUT2D eigenvalue weighted by molar-refractivity contribution is 6.30. The van der Waals surface area contributed by atoms with Gasteiger partial charge < -0.3 is 14.4 Å². The van der Waals surface area contributed by atoms with Crippen LogP contribution in [0.2, 0.25) is 5.15 Å². The molecule has 1 atom stereocenters. The minimum absolute atomic E-state index is 0.320. The summed E-state index contributed by atoms with van der Waals surface area (Å²) in [7, 11) is 0. The Morgan fingerprint density at radius 2 is 2.32 bits per heavy atom. The first-order valence-electron chi connectivity index (χ1n) is 7.43. The zero-order valence-corrected chi connectivity index (χ0v) is 13.7. The summed E-state index contributed by atoms with van der Waals surface area (Å²) >= 11 is 6.10. The molecular weight excluding hydrogens is 306 g/mol. The number of anilines is 2. The van der Waals surface area contributed by atoms with Crippen LogP contribution in [0.25, 0.3) is 0 Å². The molecule has 0 bridgehead atoms. The van der Waals surface area contributed by atoms with Gasteiger partial charge in [-0.1, -0.05) is 11.6 Å². The molecule has 22 heavy (non-hydrogen) atoms. The Hall–Kier alpha value is -1.69. The van der Waals surface area contributed by atoms with Gasteiger partial charge in [-0.25, -0.2) is 9.78 Å². The molecule has 1 fully saturated rings. The van der Waals surface area contributed by atoms with Crippen molar-refractivity contribution in [2.75, 3.05) is 23.4 Å². The topological polar surface area (TPSA) is 63.7 Å². The Bertz CT molecular complexity index is 600. The van der Waals surface area contributed by atoms with Crippen molar-refractivity contribution >= 4 is 29.2 Å². The minimum atomic E-state index is -0.568. The monoisotopic (exact) mass is 325 g/mol. The Kier molecular flexibility index (Phi) is 3.80. The molecule has 6 nitrogen and oxygen atoms in total. The highest BCUT2D eigenvalue weighted by Gasteiger charge is 2.34. The van der Waals surface area contributed by atoms with Crippen molar-refractivity contribution < 1.29 is 14.3 Å². The summed E-state index contributed by atoms with van der Waals surface area (Å²) in [6, 6.07) is 1.92. The summed E-state index contributed by atoms with van der Waals surface area (Å²) in [6.07, 6.45) is 1.66. The number of aromatic nitrogens is 1. The van der Waals surface area contributed by atoms with Crippen molar-refractivity contribution in [3.63, 3.8) is 0 Å². The Balaban J connectivity index is 1.88. The number of nitrogens with one attached hydrogen (secondary N) is 1. The van der Waals surface area contributed by atoms with Gasteiger partial charge in [-0.3, -0.25) is 5.32 Å². The second-order valence-electron chi connectivity index (χ2n) is 6.57. The molecule has 3 rings (SSSR count). The average Bonchev–Trinajstić information content (AvgIpc) is 2.84. The number of hydrogen-bond acceptors (Lipinski definition) is 5. The Morgan fingerprint density at radius 1 is 1.55 bits per heavy atom. The van der Waals surface area contributed by atoms with E-state index in [4.69, 9.17) is 21.1 Å². The van der Waals surface area contributed by atoms with Crippen LogP contribution >= 0.6 is 11.6 Å². The third kappa shape index (κ3) is 3.06. The number of hydrogen-bond donors (Lipinski definition) is 1. The molecule has 1 aromatic rings. The van der Waals surface area contributed by atoms with Crippen LogP contribution in [-0.4, -0.2) is 35.9 Å². The molecule has 7 heteroatoms. The van der Waals surface area contributed by atoms with Gasteiger partial charge in [-0.2, -0.15) is 0 Å². The molecular formula is C15H20ClN3O3. The van der Waals surface area contributed by atoms with Crippen LogP contribution in [0, 0.1) is 0 Å². The lowest BCUT2D eigenvalue weighted by atomic mass is 10.2. The molecule has 1 unspecified atom stereocenters. The largest absolute Gasteiger partial charge is 0.485 e. The fraction of sp³-hybridized carbons (Fsp3) is 0.600. The zero-order valence-electron chi connectivity index (χ0n) is 13.0. The van der Waals surface area contributed by atoms with E-state index in [2.05, 4.69) is 15.2 Å². The molecule has 0 spiro atoms. The summed E-state index contributed by atoms with van der Waals surface area (Å²) in [5.74, 6) is 1.26. The highest BCUT2D eigenvalue weighted by atomic mass is 35.5. The van der Waals surface area contributed by atoms with E-state index in [1.165, 1.54) is 0 Å². The van der Waals surface area contributed by atoms with Crippen molar-refractivity contribution in [2.24, 2.45) is 0 Å². The standard InChI is InChI=1S/C15H20ClN3O3/c1-15(2,3)22-14(20)17-10-7-11(16)18-13-12(10)21-8-9-5-4-6-19(9)13/h7,9H,4-6,8H2,1-3H3,(H,17,18,20). The number of amides is 1. The number of rotatable bonds is 1. The normalized spacial score (nSPS) is 20.0. The summed E-state index contributed by atoms with van der Waals surface area (Å²) in [5.41, 5.74) is -0.0726. The van der Waals surface area contributed by atoms with Gasteiger partial charge in [-0.15, -0.1) is 0 Å². The predicted molar refractivity (Wildman–Crippen MR) is 85.0 cm³/mol. The van der Waals surface area contributed by atoms with Crippen LogP contribution in [0.1, 0.15) is 33.6 Å². The maximum atomic E-state index is 12.0. The first-order chi connectivity index (χ1) is 10.3. The van der Waals surface area contributed by atoms with Gasteiger partial charge in [0.2, 0.25) is 0 Å². The maximum absolute atomic E-state index is 12.0. The maximum Gasteiger partial charge on any atom is 0.412 e. The summed E-state index contributed by atoms with van der Waals surface area (Å²) in [4.78, 5) is 18.6. The van der Waals surface area contributed by atoms with E-state index >= 15 is 0 Å². The summed E-state index contributed by atoms with van der Waals surface area (Å²) in [6.45, 7) is 6.96. The fourth-order valence-electron chi connectivity index (χ4n) is 2.80. The lowest BCUT2D eigenvalue weighted by Crippen LogP contribution is -2.39. The van der Waals surface area contributed by atoms with Gasteiger partial charge in [0.25, 0.3) is 0 Å². The Labute approximate surface area is 134 Å². The van der Waals surface area contributed by atoms with Gasteiger partial charge >= 0.3 is 6.09 Å². The summed E-state index contributed by atoms with van der Waals surface area (Å²) in [5, 5.41) is 3.03. The molecule has 2 aliphatic rings. The molecule has 3 heterocycles. The number of pyridine rings is 1. The molecule has 1 saturated heterocycles. The van der Waals surface area contributed by atoms with Gasteiger partial charge in [-0.05, 0) is 33.6 Å². The quantitative estimate of drug-likeness (QED) is 0.801. The van der Waals surface area contributed by atoms with Gasteiger partial charge in [0.15, 0.2) is 11.6 Å². The number of nitrogens with zero attached hydrogens (tertiary/aromatic N) is 2. The first-order valence-corrected chi connectivity index (χ1v) is 7.81. The number of halogens is 1. The van der Waals surface area contributed by atoms with E-state index in [1.54, 1.807) is 6.07 Å². The van der Waals surface area contributed by atoms with Crippen LogP contribution in [0.5, 0.6) is 5.75 Å².